The molecule has 0 unspecified atom stereocenters. The molecular formula is C26H21F2NS. The molecule has 1 aliphatic carbocycles. The molecule has 0 heterocycles. The first-order chi connectivity index (χ1) is 14.6. The van der Waals surface area contributed by atoms with Gasteiger partial charge < -0.3 is 0 Å². The van der Waals surface area contributed by atoms with Gasteiger partial charge in [0.1, 0.15) is 5.69 Å². The number of hydrogen-bond acceptors (Lipinski definition) is 2. The van der Waals surface area contributed by atoms with Crippen LogP contribution in [0.15, 0.2) is 53.5 Å². The summed E-state index contributed by atoms with van der Waals surface area (Å²) in [5, 5.41) is 1.96. The van der Waals surface area contributed by atoms with E-state index in [4.69, 9.17) is 0 Å². The number of aliphatic imine (C=N–C) groups is 1. The Balaban J connectivity index is 1.65. The van der Waals surface area contributed by atoms with Gasteiger partial charge in [0.25, 0.3) is 0 Å². The molecule has 30 heavy (non-hydrogen) atoms. The first-order valence-corrected chi connectivity index (χ1v) is 10.3. The summed E-state index contributed by atoms with van der Waals surface area (Å²) < 4.78 is 27.7. The summed E-state index contributed by atoms with van der Waals surface area (Å²) in [4.78, 5) is 3.39. The van der Waals surface area contributed by atoms with Gasteiger partial charge in [0.15, 0.2) is 11.6 Å². The SMILES string of the molecule is C/C=C/C1CCC(C#Cc2ccc(C#Cc3cc(F)c(N=C=S)c(F)c3)cc2)CC1. The largest absolute Gasteiger partial charge is 0.204 e. The van der Waals surface area contributed by atoms with E-state index in [1.165, 1.54) is 12.8 Å². The quantitative estimate of drug-likeness (QED) is 0.226. The van der Waals surface area contributed by atoms with Crippen LogP contribution in [0.5, 0.6) is 0 Å². The van der Waals surface area contributed by atoms with Gasteiger partial charge in [-0.15, -0.1) is 0 Å². The molecule has 1 fully saturated rings. The Kier molecular flexibility index (Phi) is 7.69. The normalized spacial score (nSPS) is 18.0. The van der Waals surface area contributed by atoms with Crippen molar-refractivity contribution in [2.75, 3.05) is 0 Å². The van der Waals surface area contributed by atoms with Crippen molar-refractivity contribution in [2.24, 2.45) is 16.8 Å². The van der Waals surface area contributed by atoms with E-state index in [2.05, 4.69) is 60.0 Å². The van der Waals surface area contributed by atoms with Gasteiger partial charge in [0.2, 0.25) is 0 Å². The van der Waals surface area contributed by atoms with Crippen LogP contribution in [-0.4, -0.2) is 5.16 Å². The first-order valence-electron chi connectivity index (χ1n) is 9.92. The smallest absolute Gasteiger partial charge is 0.153 e. The molecule has 1 aliphatic rings. The number of nitrogens with zero attached hydrogens (tertiary/aromatic N) is 1. The molecule has 0 saturated heterocycles. The Hall–Kier alpha value is -3.04. The molecule has 150 valence electrons. The predicted molar refractivity (Wildman–Crippen MR) is 121 cm³/mol. The molecule has 1 nitrogen and oxygen atoms in total. The number of benzene rings is 2. The number of isothiocyanates is 1. The Labute approximate surface area is 181 Å². The lowest BCUT2D eigenvalue weighted by molar-refractivity contribution is 0.364. The van der Waals surface area contributed by atoms with Crippen LogP contribution < -0.4 is 0 Å². The molecule has 0 amide bonds. The minimum absolute atomic E-state index is 0.228. The summed E-state index contributed by atoms with van der Waals surface area (Å²) in [5.41, 5.74) is 1.46. The van der Waals surface area contributed by atoms with Crippen molar-refractivity contribution < 1.29 is 8.78 Å². The third kappa shape index (κ3) is 5.98. The standard InChI is InChI=1S/C26H21F2NS/c1-2-3-19-4-6-20(7-5-19)8-9-21-10-12-22(13-11-21)14-15-23-16-24(27)26(29-18-30)25(28)17-23/h2-3,10-13,16-17,19-20H,4-7H2,1H3/b3-2+. The van der Waals surface area contributed by atoms with Crippen molar-refractivity contribution in [3.63, 3.8) is 0 Å². The molecule has 0 aliphatic heterocycles. The van der Waals surface area contributed by atoms with E-state index < -0.39 is 17.3 Å². The predicted octanol–water partition coefficient (Wildman–Crippen LogP) is 6.83. The van der Waals surface area contributed by atoms with E-state index in [0.717, 1.165) is 36.1 Å². The Bertz CT molecular complexity index is 1070. The molecule has 0 N–H and O–H groups in total. The number of allylic oxidation sites excluding steroid dienone is 2. The third-order valence-corrected chi connectivity index (χ3v) is 5.16. The molecule has 4 heteroatoms. The highest BCUT2D eigenvalue weighted by molar-refractivity contribution is 7.78. The van der Waals surface area contributed by atoms with E-state index in [1.54, 1.807) is 0 Å². The first kappa shape index (κ1) is 21.7. The number of thiocarbonyl (C=S) groups is 1. The maximum atomic E-state index is 13.9. The highest BCUT2D eigenvalue weighted by Crippen LogP contribution is 2.29. The van der Waals surface area contributed by atoms with Crippen molar-refractivity contribution in [3.05, 3.63) is 76.9 Å². The zero-order valence-electron chi connectivity index (χ0n) is 16.7. The van der Waals surface area contributed by atoms with Crippen LogP contribution in [0.3, 0.4) is 0 Å². The second-order valence-electron chi connectivity index (χ2n) is 7.23. The number of hydrogen-bond donors (Lipinski definition) is 0. The van der Waals surface area contributed by atoms with Gasteiger partial charge in [-0.1, -0.05) is 35.8 Å². The van der Waals surface area contributed by atoms with Gasteiger partial charge in [-0.05, 0) is 87.1 Å². The van der Waals surface area contributed by atoms with Crippen LogP contribution in [0, 0.1) is 47.2 Å². The fraction of sp³-hybridized carbons (Fsp3) is 0.269. The summed E-state index contributed by atoms with van der Waals surface area (Å²) >= 11 is 4.39. The van der Waals surface area contributed by atoms with Gasteiger partial charge in [0, 0.05) is 22.6 Å². The highest BCUT2D eigenvalue weighted by Gasteiger charge is 2.17. The second kappa shape index (κ2) is 10.7. The topological polar surface area (TPSA) is 12.4 Å². The van der Waals surface area contributed by atoms with Crippen LogP contribution in [-0.2, 0) is 0 Å². The van der Waals surface area contributed by atoms with E-state index in [9.17, 15) is 8.78 Å². The third-order valence-electron chi connectivity index (χ3n) is 5.07. The molecule has 0 radical (unpaired) electrons. The van der Waals surface area contributed by atoms with E-state index in [1.807, 2.05) is 29.4 Å². The van der Waals surface area contributed by atoms with Gasteiger partial charge in [-0.25, -0.2) is 8.78 Å². The number of rotatable bonds is 2. The van der Waals surface area contributed by atoms with Crippen molar-refractivity contribution in [2.45, 2.75) is 32.6 Å². The highest BCUT2D eigenvalue weighted by atomic mass is 32.1. The molecule has 0 spiro atoms. The fourth-order valence-electron chi connectivity index (χ4n) is 3.48. The maximum Gasteiger partial charge on any atom is 0.153 e. The van der Waals surface area contributed by atoms with Crippen molar-refractivity contribution in [1.82, 2.24) is 0 Å². The van der Waals surface area contributed by atoms with E-state index in [0.29, 0.717) is 11.8 Å². The maximum absolute atomic E-state index is 13.9. The lowest BCUT2D eigenvalue weighted by atomic mass is 9.82. The molecule has 1 saturated carbocycles. The molecule has 0 aromatic heterocycles. The molecule has 0 bridgehead atoms. The lowest BCUT2D eigenvalue weighted by Crippen LogP contribution is -2.11. The molecular weight excluding hydrogens is 396 g/mol. The summed E-state index contributed by atoms with van der Waals surface area (Å²) in [6, 6.07) is 9.82. The van der Waals surface area contributed by atoms with Crippen LogP contribution in [0.1, 0.15) is 49.3 Å². The zero-order valence-corrected chi connectivity index (χ0v) is 17.5. The Morgan fingerprint density at radius 3 is 2.03 bits per heavy atom. The van der Waals surface area contributed by atoms with Gasteiger partial charge in [-0.3, -0.25) is 0 Å². The minimum atomic E-state index is -0.818. The number of halogens is 2. The van der Waals surface area contributed by atoms with Crippen molar-refractivity contribution in [1.29, 1.82) is 0 Å². The molecule has 2 aromatic rings. The van der Waals surface area contributed by atoms with Crippen LogP contribution in [0.4, 0.5) is 14.5 Å². The van der Waals surface area contributed by atoms with Crippen LogP contribution in [0.2, 0.25) is 0 Å². The second-order valence-corrected chi connectivity index (χ2v) is 7.41. The van der Waals surface area contributed by atoms with E-state index >= 15 is 0 Å². The molecule has 3 rings (SSSR count). The fourth-order valence-corrected chi connectivity index (χ4v) is 3.58. The average Bonchev–Trinajstić information content (AvgIpc) is 2.75. The summed E-state index contributed by atoms with van der Waals surface area (Å²) in [7, 11) is 0. The van der Waals surface area contributed by atoms with Gasteiger partial charge >= 0.3 is 0 Å². The lowest BCUT2D eigenvalue weighted by Gasteiger charge is -2.22. The summed E-state index contributed by atoms with van der Waals surface area (Å²) in [6.45, 7) is 2.07. The van der Waals surface area contributed by atoms with Crippen molar-refractivity contribution >= 4 is 23.1 Å². The monoisotopic (exact) mass is 417 g/mol. The zero-order chi connectivity index (χ0) is 21.3. The summed E-state index contributed by atoms with van der Waals surface area (Å²) in [5.74, 6) is 11.9. The molecule has 0 atom stereocenters. The Morgan fingerprint density at radius 2 is 1.47 bits per heavy atom. The molecule has 2 aromatic carbocycles. The van der Waals surface area contributed by atoms with Crippen LogP contribution in [0.25, 0.3) is 0 Å². The van der Waals surface area contributed by atoms with Gasteiger partial charge in [-0.2, -0.15) is 4.99 Å². The Morgan fingerprint density at radius 1 is 0.900 bits per heavy atom. The average molecular weight is 418 g/mol. The minimum Gasteiger partial charge on any atom is -0.204 e. The van der Waals surface area contributed by atoms with E-state index in [-0.39, 0.29) is 5.56 Å². The summed E-state index contributed by atoms with van der Waals surface area (Å²) in [6.07, 6.45) is 9.14. The van der Waals surface area contributed by atoms with Crippen LogP contribution >= 0.6 is 12.2 Å². The van der Waals surface area contributed by atoms with Crippen molar-refractivity contribution in [3.8, 4) is 23.7 Å². The van der Waals surface area contributed by atoms with Gasteiger partial charge in [0.05, 0.1) is 5.16 Å².